The largest absolute Gasteiger partial charge is 0.481 e. The van der Waals surface area contributed by atoms with Gasteiger partial charge in [0, 0.05) is 17.7 Å². The topological polar surface area (TPSA) is 80.0 Å². The smallest absolute Gasteiger partial charge is 0.305 e. The summed E-state index contributed by atoms with van der Waals surface area (Å²) in [5, 5.41) is 9.00. The van der Waals surface area contributed by atoms with E-state index in [1.165, 1.54) is 0 Å². The van der Waals surface area contributed by atoms with Crippen LogP contribution >= 0.6 is 0 Å². The maximum atomic E-state index is 12.8. The average molecular weight is 315 g/mol. The van der Waals surface area contributed by atoms with E-state index in [1.54, 1.807) is 29.6 Å². The maximum Gasteiger partial charge on any atom is 0.305 e. The maximum absolute atomic E-state index is 12.8. The second kappa shape index (κ2) is 6.66. The number of ether oxygens (including phenoxy) is 1. The van der Waals surface area contributed by atoms with E-state index < -0.39 is 12.0 Å². The van der Waals surface area contributed by atoms with Gasteiger partial charge in [-0.15, -0.1) is 0 Å². The summed E-state index contributed by atoms with van der Waals surface area (Å²) in [5.74, 6) is -1.12. The van der Waals surface area contributed by atoms with Crippen LogP contribution in [-0.4, -0.2) is 47.7 Å². The number of carbonyl (C=O) groups is 2. The quantitative estimate of drug-likeness (QED) is 0.936. The third-order valence-corrected chi connectivity index (χ3v) is 3.86. The van der Waals surface area contributed by atoms with Crippen molar-refractivity contribution in [1.82, 2.24) is 4.90 Å². The Morgan fingerprint density at radius 3 is 2.87 bits per heavy atom. The molecule has 1 saturated heterocycles. The summed E-state index contributed by atoms with van der Waals surface area (Å²) >= 11 is 0. The molecule has 1 aromatic carbocycles. The van der Waals surface area contributed by atoms with E-state index in [0.29, 0.717) is 18.7 Å². The van der Waals surface area contributed by atoms with E-state index in [1.807, 2.05) is 18.2 Å². The van der Waals surface area contributed by atoms with Crippen molar-refractivity contribution < 1.29 is 23.8 Å². The Bertz CT molecular complexity index is 695. The van der Waals surface area contributed by atoms with Crippen molar-refractivity contribution in [2.75, 3.05) is 19.8 Å². The molecule has 2 aromatic rings. The number of rotatable bonds is 4. The van der Waals surface area contributed by atoms with Gasteiger partial charge in [0.15, 0.2) is 0 Å². The number of hydrogen-bond donors (Lipinski definition) is 1. The van der Waals surface area contributed by atoms with Crippen LogP contribution in [0.5, 0.6) is 0 Å². The van der Waals surface area contributed by atoms with Crippen LogP contribution in [0.15, 0.2) is 47.3 Å². The number of carbonyl (C=O) groups excluding carboxylic acids is 1. The van der Waals surface area contributed by atoms with Crippen molar-refractivity contribution in [1.29, 1.82) is 0 Å². The molecular weight excluding hydrogens is 298 g/mol. The van der Waals surface area contributed by atoms with Crippen molar-refractivity contribution >= 4 is 11.9 Å². The van der Waals surface area contributed by atoms with E-state index in [2.05, 4.69) is 0 Å². The summed E-state index contributed by atoms with van der Waals surface area (Å²) in [6.45, 7) is 1.06. The van der Waals surface area contributed by atoms with E-state index in [0.717, 1.165) is 11.1 Å². The monoisotopic (exact) mass is 315 g/mol. The lowest BCUT2D eigenvalue weighted by Gasteiger charge is -2.35. The summed E-state index contributed by atoms with van der Waals surface area (Å²) < 4.78 is 10.4. The molecule has 6 nitrogen and oxygen atoms in total. The Kier molecular flexibility index (Phi) is 4.43. The van der Waals surface area contributed by atoms with E-state index >= 15 is 0 Å². The van der Waals surface area contributed by atoms with Gasteiger partial charge in [0.25, 0.3) is 5.91 Å². The Labute approximate surface area is 133 Å². The van der Waals surface area contributed by atoms with Crippen LogP contribution in [0.2, 0.25) is 0 Å². The molecule has 120 valence electrons. The first-order chi connectivity index (χ1) is 11.1. The lowest BCUT2D eigenvalue weighted by molar-refractivity contribution is -0.139. The van der Waals surface area contributed by atoms with Gasteiger partial charge in [0.2, 0.25) is 0 Å². The van der Waals surface area contributed by atoms with Crippen LogP contribution in [0.4, 0.5) is 0 Å². The molecule has 1 fully saturated rings. The zero-order chi connectivity index (χ0) is 16.2. The lowest BCUT2D eigenvalue weighted by Crippen LogP contribution is -2.49. The van der Waals surface area contributed by atoms with Crippen molar-refractivity contribution in [3.8, 4) is 11.1 Å². The first kappa shape index (κ1) is 15.3. The Morgan fingerprint density at radius 1 is 1.26 bits per heavy atom. The molecule has 0 aliphatic carbocycles. The van der Waals surface area contributed by atoms with Gasteiger partial charge in [-0.25, -0.2) is 0 Å². The zero-order valence-corrected chi connectivity index (χ0v) is 12.5. The molecule has 3 rings (SSSR count). The van der Waals surface area contributed by atoms with Gasteiger partial charge in [-0.3, -0.25) is 9.59 Å². The minimum Gasteiger partial charge on any atom is -0.481 e. The number of carboxylic acids is 1. The van der Waals surface area contributed by atoms with Crippen LogP contribution in [0.25, 0.3) is 11.1 Å². The molecule has 6 heteroatoms. The highest BCUT2D eigenvalue weighted by Crippen LogP contribution is 2.22. The van der Waals surface area contributed by atoms with Gasteiger partial charge in [0.1, 0.15) is 0 Å². The molecule has 0 bridgehead atoms. The first-order valence-corrected chi connectivity index (χ1v) is 7.38. The molecular formula is C17H17NO5. The molecule has 1 N–H and O–H groups in total. The predicted molar refractivity (Wildman–Crippen MR) is 82.0 cm³/mol. The standard InChI is InChI=1S/C17H17NO5/c19-16(20)9-15-11-23-7-5-18(15)17(21)13-3-1-2-12(8-13)14-4-6-22-10-14/h1-4,6,8,10,15H,5,7,9,11H2,(H,19,20)/t15-/m1/s1. The van der Waals surface area contributed by atoms with Crippen molar-refractivity contribution in [2.24, 2.45) is 0 Å². The summed E-state index contributed by atoms with van der Waals surface area (Å²) in [6.07, 6.45) is 3.08. The molecule has 0 spiro atoms. The van der Waals surface area contributed by atoms with E-state index in [-0.39, 0.29) is 18.9 Å². The van der Waals surface area contributed by atoms with E-state index in [4.69, 9.17) is 14.3 Å². The van der Waals surface area contributed by atoms with Crippen LogP contribution in [0, 0.1) is 0 Å². The molecule has 2 heterocycles. The molecule has 1 aliphatic heterocycles. The second-order valence-corrected chi connectivity index (χ2v) is 5.42. The zero-order valence-electron chi connectivity index (χ0n) is 12.5. The number of furan rings is 1. The lowest BCUT2D eigenvalue weighted by atomic mass is 10.0. The Morgan fingerprint density at radius 2 is 2.13 bits per heavy atom. The highest BCUT2D eigenvalue weighted by Gasteiger charge is 2.29. The molecule has 1 aromatic heterocycles. The molecule has 1 aliphatic rings. The van der Waals surface area contributed by atoms with Crippen molar-refractivity contribution in [3.63, 3.8) is 0 Å². The summed E-state index contributed by atoms with van der Waals surface area (Å²) in [4.78, 5) is 25.3. The molecule has 0 radical (unpaired) electrons. The third kappa shape index (κ3) is 3.43. The molecule has 1 atom stereocenters. The Hall–Kier alpha value is -2.60. The molecule has 0 saturated carbocycles. The SMILES string of the molecule is O=C(O)C[C@@H]1COCCN1C(=O)c1cccc(-c2ccoc2)c1. The fraction of sp³-hybridized carbons (Fsp3) is 0.294. The predicted octanol–water partition coefficient (Wildman–Crippen LogP) is 2.26. The molecule has 0 unspecified atom stereocenters. The van der Waals surface area contributed by atoms with Crippen LogP contribution < -0.4 is 0 Å². The summed E-state index contributed by atoms with van der Waals surface area (Å²) in [6, 6.07) is 8.62. The first-order valence-electron chi connectivity index (χ1n) is 7.38. The van der Waals surface area contributed by atoms with Crippen molar-refractivity contribution in [3.05, 3.63) is 48.4 Å². The van der Waals surface area contributed by atoms with Crippen LogP contribution in [0.1, 0.15) is 16.8 Å². The van der Waals surface area contributed by atoms with Crippen LogP contribution in [-0.2, 0) is 9.53 Å². The highest BCUT2D eigenvalue weighted by atomic mass is 16.5. The number of hydrogen-bond acceptors (Lipinski definition) is 4. The number of carboxylic acid groups (broad SMARTS) is 1. The van der Waals surface area contributed by atoms with Gasteiger partial charge in [0.05, 0.1) is 38.2 Å². The van der Waals surface area contributed by atoms with Gasteiger partial charge in [-0.1, -0.05) is 12.1 Å². The number of benzene rings is 1. The third-order valence-electron chi connectivity index (χ3n) is 3.86. The normalized spacial score (nSPS) is 17.9. The minimum atomic E-state index is -0.939. The van der Waals surface area contributed by atoms with Crippen molar-refractivity contribution in [2.45, 2.75) is 12.5 Å². The summed E-state index contributed by atoms with van der Waals surface area (Å²) in [7, 11) is 0. The number of aliphatic carboxylic acids is 1. The number of morpholine rings is 1. The van der Waals surface area contributed by atoms with Gasteiger partial charge >= 0.3 is 5.97 Å². The van der Waals surface area contributed by atoms with Gasteiger partial charge < -0.3 is 19.2 Å². The van der Waals surface area contributed by atoms with E-state index in [9.17, 15) is 9.59 Å². The Balaban J connectivity index is 1.84. The highest BCUT2D eigenvalue weighted by molar-refractivity contribution is 5.96. The average Bonchev–Trinajstić information content (AvgIpc) is 3.09. The number of amides is 1. The summed E-state index contributed by atoms with van der Waals surface area (Å²) in [5.41, 5.74) is 2.30. The fourth-order valence-corrected chi connectivity index (χ4v) is 2.72. The molecule has 23 heavy (non-hydrogen) atoms. The molecule has 1 amide bonds. The number of nitrogens with zero attached hydrogens (tertiary/aromatic N) is 1. The second-order valence-electron chi connectivity index (χ2n) is 5.42. The van der Waals surface area contributed by atoms with Gasteiger partial charge in [-0.05, 0) is 23.8 Å². The fourth-order valence-electron chi connectivity index (χ4n) is 2.72. The van der Waals surface area contributed by atoms with Crippen LogP contribution in [0.3, 0.4) is 0 Å². The minimum absolute atomic E-state index is 0.118. The van der Waals surface area contributed by atoms with Gasteiger partial charge in [-0.2, -0.15) is 0 Å².